The third-order valence-electron chi connectivity index (χ3n) is 2.40. The molecule has 6 heteroatoms. The number of aromatic nitrogens is 1. The molecule has 0 saturated carbocycles. The largest absolute Gasteiger partial charge is 0.419 e. The minimum Gasteiger partial charge on any atom is -0.329 e. The molecule has 0 aliphatic heterocycles. The molecule has 18 heavy (non-hydrogen) atoms. The standard InChI is InChI=1S/C12H7F4NO/c13-10-4-3-7(6-9(10)12(14,15)16)8-2-1-5-17-11(8)18/h1-6H,(H,17,18). The Labute approximate surface area is 98.9 Å². The van der Waals surface area contributed by atoms with Gasteiger partial charge in [-0.2, -0.15) is 13.2 Å². The Hall–Kier alpha value is -2.11. The van der Waals surface area contributed by atoms with Gasteiger partial charge in [-0.15, -0.1) is 0 Å². The Kier molecular flexibility index (Phi) is 2.94. The lowest BCUT2D eigenvalue weighted by atomic mass is 10.0. The summed E-state index contributed by atoms with van der Waals surface area (Å²) < 4.78 is 50.6. The van der Waals surface area contributed by atoms with Crippen molar-refractivity contribution in [1.29, 1.82) is 0 Å². The van der Waals surface area contributed by atoms with Crippen molar-refractivity contribution in [1.82, 2.24) is 4.98 Å². The van der Waals surface area contributed by atoms with E-state index in [9.17, 15) is 22.4 Å². The number of halogens is 4. The van der Waals surface area contributed by atoms with Crippen LogP contribution in [0.15, 0.2) is 41.3 Å². The van der Waals surface area contributed by atoms with E-state index in [4.69, 9.17) is 0 Å². The van der Waals surface area contributed by atoms with Gasteiger partial charge < -0.3 is 4.98 Å². The maximum atomic E-state index is 13.1. The second-order valence-electron chi connectivity index (χ2n) is 3.61. The summed E-state index contributed by atoms with van der Waals surface area (Å²) in [7, 11) is 0. The van der Waals surface area contributed by atoms with Gasteiger partial charge in [-0.3, -0.25) is 4.79 Å². The first-order valence-corrected chi connectivity index (χ1v) is 4.94. The Bertz CT molecular complexity index is 630. The van der Waals surface area contributed by atoms with Crippen molar-refractivity contribution < 1.29 is 17.6 Å². The quantitative estimate of drug-likeness (QED) is 0.782. The third-order valence-corrected chi connectivity index (χ3v) is 2.40. The monoisotopic (exact) mass is 257 g/mol. The lowest BCUT2D eigenvalue weighted by Gasteiger charge is -2.09. The summed E-state index contributed by atoms with van der Waals surface area (Å²) in [5.74, 6) is -1.36. The smallest absolute Gasteiger partial charge is 0.329 e. The van der Waals surface area contributed by atoms with E-state index in [2.05, 4.69) is 4.98 Å². The van der Waals surface area contributed by atoms with Gasteiger partial charge in [0.15, 0.2) is 0 Å². The van der Waals surface area contributed by atoms with E-state index >= 15 is 0 Å². The number of aromatic amines is 1. The van der Waals surface area contributed by atoms with Crippen LogP contribution in [-0.2, 0) is 6.18 Å². The highest BCUT2D eigenvalue weighted by Crippen LogP contribution is 2.33. The predicted molar refractivity (Wildman–Crippen MR) is 57.5 cm³/mol. The third kappa shape index (κ3) is 2.27. The summed E-state index contributed by atoms with van der Waals surface area (Å²) in [4.78, 5) is 13.8. The molecule has 0 atom stereocenters. The Morgan fingerprint density at radius 2 is 1.83 bits per heavy atom. The molecule has 1 aromatic heterocycles. The van der Waals surface area contributed by atoms with E-state index in [-0.39, 0.29) is 11.1 Å². The molecule has 1 aromatic carbocycles. The van der Waals surface area contributed by atoms with Gasteiger partial charge in [0.2, 0.25) is 0 Å². The van der Waals surface area contributed by atoms with E-state index in [0.29, 0.717) is 12.1 Å². The highest BCUT2D eigenvalue weighted by molar-refractivity contribution is 5.63. The van der Waals surface area contributed by atoms with Crippen molar-refractivity contribution >= 4 is 0 Å². The fourth-order valence-electron chi connectivity index (χ4n) is 1.56. The Balaban J connectivity index is 2.62. The zero-order valence-electron chi connectivity index (χ0n) is 8.88. The number of benzene rings is 1. The SMILES string of the molecule is O=c1[nH]cccc1-c1ccc(F)c(C(F)(F)F)c1. The number of hydrogen-bond acceptors (Lipinski definition) is 1. The molecular formula is C12H7F4NO. The van der Waals surface area contributed by atoms with E-state index in [1.54, 1.807) is 0 Å². The topological polar surface area (TPSA) is 32.9 Å². The summed E-state index contributed by atoms with van der Waals surface area (Å²) in [6, 6.07) is 5.30. The summed E-state index contributed by atoms with van der Waals surface area (Å²) in [5.41, 5.74) is -1.84. The number of hydrogen-bond donors (Lipinski definition) is 1. The van der Waals surface area contributed by atoms with Crippen LogP contribution < -0.4 is 5.56 Å². The average Bonchev–Trinajstić information content (AvgIpc) is 2.29. The molecule has 0 radical (unpaired) electrons. The minimum atomic E-state index is -4.79. The van der Waals surface area contributed by atoms with Crippen molar-refractivity contribution in [2.45, 2.75) is 6.18 Å². The van der Waals surface area contributed by atoms with Gasteiger partial charge in [0, 0.05) is 11.8 Å². The number of pyridine rings is 1. The molecule has 94 valence electrons. The van der Waals surface area contributed by atoms with Crippen molar-refractivity contribution in [2.75, 3.05) is 0 Å². The highest BCUT2D eigenvalue weighted by Gasteiger charge is 2.34. The lowest BCUT2D eigenvalue weighted by Crippen LogP contribution is -2.10. The molecule has 2 nitrogen and oxygen atoms in total. The van der Waals surface area contributed by atoms with Gasteiger partial charge >= 0.3 is 6.18 Å². The van der Waals surface area contributed by atoms with E-state index in [1.165, 1.54) is 18.3 Å². The van der Waals surface area contributed by atoms with E-state index in [1.807, 2.05) is 0 Å². The zero-order chi connectivity index (χ0) is 13.3. The molecule has 1 N–H and O–H groups in total. The Morgan fingerprint density at radius 1 is 1.11 bits per heavy atom. The summed E-state index contributed by atoms with van der Waals surface area (Å²) >= 11 is 0. The Morgan fingerprint density at radius 3 is 2.44 bits per heavy atom. The second kappa shape index (κ2) is 4.29. The molecule has 0 aliphatic rings. The molecule has 0 aliphatic carbocycles. The first-order chi connectivity index (χ1) is 8.39. The van der Waals surface area contributed by atoms with Crippen molar-refractivity contribution in [3.63, 3.8) is 0 Å². The molecule has 2 aromatic rings. The van der Waals surface area contributed by atoms with Gasteiger partial charge in [0.25, 0.3) is 5.56 Å². The molecule has 0 amide bonds. The van der Waals surface area contributed by atoms with Crippen LogP contribution >= 0.6 is 0 Å². The van der Waals surface area contributed by atoms with Crippen molar-refractivity contribution in [3.05, 3.63) is 58.3 Å². The molecule has 1 heterocycles. The van der Waals surface area contributed by atoms with Crippen LogP contribution in [0.5, 0.6) is 0 Å². The number of nitrogens with one attached hydrogen (secondary N) is 1. The van der Waals surface area contributed by atoms with Crippen LogP contribution in [0.1, 0.15) is 5.56 Å². The van der Waals surface area contributed by atoms with E-state index in [0.717, 1.165) is 6.07 Å². The molecule has 0 unspecified atom stereocenters. The first kappa shape index (κ1) is 12.3. The van der Waals surface area contributed by atoms with Crippen molar-refractivity contribution in [2.24, 2.45) is 0 Å². The molecule has 0 saturated heterocycles. The van der Waals surface area contributed by atoms with Gasteiger partial charge in [-0.05, 0) is 29.8 Å². The molecular weight excluding hydrogens is 250 g/mol. The maximum Gasteiger partial charge on any atom is 0.419 e. The lowest BCUT2D eigenvalue weighted by molar-refractivity contribution is -0.139. The van der Waals surface area contributed by atoms with Crippen LogP contribution in [0.2, 0.25) is 0 Å². The number of alkyl halides is 3. The molecule has 0 bridgehead atoms. The van der Waals surface area contributed by atoms with Crippen LogP contribution in [0.4, 0.5) is 17.6 Å². The zero-order valence-corrected chi connectivity index (χ0v) is 8.88. The van der Waals surface area contributed by atoms with Gasteiger partial charge in [0.1, 0.15) is 5.82 Å². The summed E-state index contributed by atoms with van der Waals surface area (Å²) in [6.07, 6.45) is -3.43. The van der Waals surface area contributed by atoms with Crippen LogP contribution in [0.3, 0.4) is 0 Å². The van der Waals surface area contributed by atoms with Gasteiger partial charge in [0.05, 0.1) is 5.56 Å². The number of rotatable bonds is 1. The van der Waals surface area contributed by atoms with Gasteiger partial charge in [-0.1, -0.05) is 6.07 Å². The van der Waals surface area contributed by atoms with Crippen LogP contribution in [-0.4, -0.2) is 4.98 Å². The maximum absolute atomic E-state index is 13.1. The second-order valence-corrected chi connectivity index (χ2v) is 3.61. The van der Waals surface area contributed by atoms with E-state index < -0.39 is 23.1 Å². The normalized spacial score (nSPS) is 11.6. The highest BCUT2D eigenvalue weighted by atomic mass is 19.4. The fraction of sp³-hybridized carbons (Fsp3) is 0.0833. The van der Waals surface area contributed by atoms with Gasteiger partial charge in [-0.25, -0.2) is 4.39 Å². The average molecular weight is 257 g/mol. The summed E-state index contributed by atoms with van der Waals surface area (Å²) in [6.45, 7) is 0. The predicted octanol–water partition coefficient (Wildman–Crippen LogP) is 3.20. The first-order valence-electron chi connectivity index (χ1n) is 4.94. The molecule has 0 spiro atoms. The molecule has 2 rings (SSSR count). The van der Waals surface area contributed by atoms with Crippen LogP contribution in [0.25, 0.3) is 11.1 Å². The molecule has 0 fully saturated rings. The number of H-pyrrole nitrogens is 1. The van der Waals surface area contributed by atoms with Crippen LogP contribution in [0, 0.1) is 5.82 Å². The fourth-order valence-corrected chi connectivity index (χ4v) is 1.56. The van der Waals surface area contributed by atoms with Crippen molar-refractivity contribution in [3.8, 4) is 11.1 Å². The minimum absolute atomic E-state index is 0.0191. The summed E-state index contributed by atoms with van der Waals surface area (Å²) in [5, 5.41) is 0.